The maximum Gasteiger partial charge on any atom is 0.296 e. The van der Waals surface area contributed by atoms with Crippen molar-refractivity contribution >= 4 is 81.6 Å². The van der Waals surface area contributed by atoms with Crippen LogP contribution in [0.15, 0.2) is 84.8 Å². The zero-order chi connectivity index (χ0) is 50.0. The van der Waals surface area contributed by atoms with E-state index >= 15 is 0 Å². The van der Waals surface area contributed by atoms with Gasteiger partial charge in [-0.1, -0.05) is 69.9 Å². The van der Waals surface area contributed by atoms with Crippen LogP contribution in [0.5, 0.6) is 0 Å². The van der Waals surface area contributed by atoms with E-state index in [1.165, 1.54) is 30.3 Å². The van der Waals surface area contributed by atoms with E-state index in [0.717, 1.165) is 55.0 Å². The number of rotatable bonds is 17. The zero-order valence-corrected chi connectivity index (χ0v) is 41.6. The first-order chi connectivity index (χ1) is 31.8. The van der Waals surface area contributed by atoms with Crippen molar-refractivity contribution < 1.29 is 52.9 Å². The largest absolute Gasteiger partial charge is 0.456 e. The van der Waals surface area contributed by atoms with Crippen LogP contribution >= 0.6 is 0 Å². The topological polar surface area (TPSA) is 259 Å². The third-order valence-corrected chi connectivity index (χ3v) is 14.5. The van der Waals surface area contributed by atoms with E-state index < -0.39 is 45.0 Å². The van der Waals surface area contributed by atoms with Crippen molar-refractivity contribution in [3.63, 3.8) is 0 Å². The van der Waals surface area contributed by atoms with Crippen LogP contribution < -0.4 is 21.3 Å². The Balaban J connectivity index is 1.69. The second-order valence-electron chi connectivity index (χ2n) is 17.1. The van der Waals surface area contributed by atoms with Crippen molar-refractivity contribution in [2.75, 3.05) is 16.0 Å². The van der Waals surface area contributed by atoms with Crippen LogP contribution in [-0.2, 0) is 39.9 Å². The van der Waals surface area contributed by atoms with Crippen LogP contribution in [-0.4, -0.2) is 50.7 Å². The van der Waals surface area contributed by atoms with Crippen LogP contribution in [0.3, 0.4) is 0 Å². The molecule has 2 aliphatic rings. The fourth-order valence-corrected chi connectivity index (χ4v) is 10.6. The molecule has 0 aromatic heterocycles. The van der Waals surface area contributed by atoms with E-state index in [-0.39, 0.29) is 68.4 Å². The molecule has 0 atom stereocenters. The molecule has 362 valence electrons. The lowest BCUT2D eigenvalue weighted by molar-refractivity contribution is -0.117. The summed E-state index contributed by atoms with van der Waals surface area (Å²) in [7, 11) is -15.3. The number of carbonyl (C=O) groups is 2. The standard InChI is InChI=1S/C49H56N4O12S3/c1-9-11-13-19-43(54)52-48-29(5)21-27(3)46(31(48)7)50-36-25-38-34(23-41(36)67(59,60)61)45(33-17-15-16-18-40(33)66(56,57)58)35-24-42(68(62,63)64)37(26-39(35)65-38)51-47-28(4)22-30(6)49(32(47)8)53-44(55)20-14-12-10-2/h15-18,21-26,50H,9-14,19-20H2,1-8H3,(H,52,54)(H,53,55)(H,56,57,58)(H,59,60,61)(H,62,63,64). The maximum atomic E-state index is 13.4. The van der Waals surface area contributed by atoms with Gasteiger partial charge in [-0.15, -0.1) is 0 Å². The molecule has 68 heavy (non-hydrogen) atoms. The fourth-order valence-electron chi connectivity index (χ4n) is 8.57. The lowest BCUT2D eigenvalue weighted by Crippen LogP contribution is -2.17. The molecule has 0 saturated carbocycles. The van der Waals surface area contributed by atoms with Crippen molar-refractivity contribution in [3.8, 4) is 22.5 Å². The minimum absolute atomic E-state index is 0.110. The van der Waals surface area contributed by atoms with E-state index in [9.17, 15) is 48.5 Å². The number of benzene rings is 5. The molecule has 1 aliphatic heterocycles. The highest BCUT2D eigenvalue weighted by Gasteiger charge is 2.29. The van der Waals surface area contributed by atoms with Crippen molar-refractivity contribution in [2.45, 2.75) is 121 Å². The van der Waals surface area contributed by atoms with Gasteiger partial charge in [0.25, 0.3) is 30.4 Å². The lowest BCUT2D eigenvalue weighted by Gasteiger charge is -2.22. The molecule has 0 fully saturated rings. The predicted molar refractivity (Wildman–Crippen MR) is 263 cm³/mol. The minimum Gasteiger partial charge on any atom is -0.456 e. The monoisotopic (exact) mass is 988 g/mol. The normalized spacial score (nSPS) is 12.5. The number of nitrogens with zero attached hydrogens (tertiary/aromatic N) is 1. The first-order valence-corrected chi connectivity index (χ1v) is 26.4. The molecule has 4 aromatic carbocycles. The Bertz CT molecular complexity index is 3380. The van der Waals surface area contributed by atoms with Crippen LogP contribution in [0.2, 0.25) is 0 Å². The van der Waals surface area contributed by atoms with E-state index in [4.69, 9.17) is 9.41 Å². The molecule has 0 unspecified atom stereocenters. The molecule has 4 aromatic rings. The minimum atomic E-state index is -5.16. The Kier molecular flexibility index (Phi) is 15.4. The molecule has 0 saturated heterocycles. The second kappa shape index (κ2) is 20.3. The Morgan fingerprint density at radius 3 is 1.68 bits per heavy atom. The number of carbonyl (C=O) groups excluding carboxylic acids is 2. The van der Waals surface area contributed by atoms with Gasteiger partial charge in [0.05, 0.1) is 16.7 Å². The average Bonchev–Trinajstić information content (AvgIpc) is 3.24. The number of unbranched alkanes of at least 4 members (excludes halogenated alkanes) is 4. The predicted octanol–water partition coefficient (Wildman–Crippen LogP) is 10.8. The van der Waals surface area contributed by atoms with E-state index in [0.29, 0.717) is 58.6 Å². The SMILES string of the molecule is CCCCCC(=O)Nc1c(C)cc(C)c(N=c2cc3oc4cc(Nc5c(C)cc(C)c(NC(=O)CCCCC)c5C)c(S(=O)(=O)O)cc4c(-c4ccccc4S(=O)(=O)O)c-3cc2S(=O)(=O)O)c1C. The summed E-state index contributed by atoms with van der Waals surface area (Å²) in [5, 5.41) is 8.59. The summed E-state index contributed by atoms with van der Waals surface area (Å²) in [6.07, 6.45) is 5.57. The third kappa shape index (κ3) is 11.1. The molecule has 0 spiro atoms. The summed E-state index contributed by atoms with van der Waals surface area (Å²) in [6, 6.07) is 13.2. The Hall–Kier alpha value is -5.96. The van der Waals surface area contributed by atoms with Crippen LogP contribution in [0, 0.1) is 41.5 Å². The number of amides is 2. The van der Waals surface area contributed by atoms with Gasteiger partial charge in [-0.3, -0.25) is 23.2 Å². The van der Waals surface area contributed by atoms with Gasteiger partial charge in [0.15, 0.2) is 0 Å². The van der Waals surface area contributed by atoms with Gasteiger partial charge >= 0.3 is 0 Å². The molecule has 0 radical (unpaired) electrons. The molecule has 0 bridgehead atoms. The van der Waals surface area contributed by atoms with Crippen molar-refractivity contribution in [3.05, 3.63) is 99.4 Å². The molecular formula is C49H56N4O12S3. The molecule has 6 N–H and O–H groups in total. The number of anilines is 4. The average molecular weight is 989 g/mol. The summed E-state index contributed by atoms with van der Waals surface area (Å²) in [5.41, 5.74) is 4.56. The van der Waals surface area contributed by atoms with Gasteiger partial charge in [-0.2, -0.15) is 25.3 Å². The quantitative estimate of drug-likeness (QED) is 0.0283. The molecular weight excluding hydrogens is 933 g/mol. The summed E-state index contributed by atoms with van der Waals surface area (Å²) in [6.45, 7) is 14.6. The van der Waals surface area contributed by atoms with E-state index in [1.807, 2.05) is 27.7 Å². The lowest BCUT2D eigenvalue weighted by atomic mass is 9.93. The Labute approximate surface area is 396 Å². The highest BCUT2D eigenvalue weighted by molar-refractivity contribution is 7.86. The fraction of sp³-hybridized carbons (Fsp3) is 0.327. The first-order valence-electron chi connectivity index (χ1n) is 22.1. The summed E-state index contributed by atoms with van der Waals surface area (Å²) in [5.74, 6) is -0.541. The number of aryl methyl sites for hydroxylation is 4. The molecule has 16 nitrogen and oxygen atoms in total. The van der Waals surface area contributed by atoms with E-state index in [2.05, 4.69) is 16.0 Å². The molecule has 1 aliphatic carbocycles. The Morgan fingerprint density at radius 1 is 0.588 bits per heavy atom. The molecule has 2 amide bonds. The van der Waals surface area contributed by atoms with E-state index in [1.54, 1.807) is 39.8 Å². The zero-order valence-electron chi connectivity index (χ0n) is 39.1. The summed E-state index contributed by atoms with van der Waals surface area (Å²) in [4.78, 5) is 28.6. The number of hydrogen-bond donors (Lipinski definition) is 6. The first kappa shape index (κ1) is 51.4. The van der Waals surface area contributed by atoms with Crippen LogP contribution in [0.4, 0.5) is 28.4 Å². The highest BCUT2D eigenvalue weighted by atomic mass is 32.2. The van der Waals surface area contributed by atoms with Gasteiger partial charge < -0.3 is 20.4 Å². The number of hydrogen-bond acceptors (Lipinski definition) is 11. The van der Waals surface area contributed by atoms with Gasteiger partial charge in [-0.05, 0) is 106 Å². The van der Waals surface area contributed by atoms with Gasteiger partial charge in [0.2, 0.25) is 11.8 Å². The van der Waals surface area contributed by atoms with Gasteiger partial charge in [0.1, 0.15) is 26.0 Å². The van der Waals surface area contributed by atoms with Crippen LogP contribution in [0.25, 0.3) is 33.4 Å². The van der Waals surface area contributed by atoms with Gasteiger partial charge in [-0.25, -0.2) is 4.99 Å². The maximum absolute atomic E-state index is 13.4. The second-order valence-corrected chi connectivity index (χ2v) is 21.2. The third-order valence-electron chi connectivity index (χ3n) is 11.8. The summed E-state index contributed by atoms with van der Waals surface area (Å²) >= 11 is 0. The number of fused-ring (bicyclic) bond motifs is 2. The summed E-state index contributed by atoms with van der Waals surface area (Å²) < 4.78 is 118. The molecule has 1 heterocycles. The molecule has 6 rings (SSSR count). The number of nitrogens with one attached hydrogen (secondary N) is 3. The Morgan fingerprint density at radius 2 is 1.12 bits per heavy atom. The van der Waals surface area contributed by atoms with Crippen LogP contribution in [0.1, 0.15) is 98.6 Å². The molecule has 19 heteroatoms. The van der Waals surface area contributed by atoms with Crippen molar-refractivity contribution in [1.82, 2.24) is 0 Å². The van der Waals surface area contributed by atoms with Crippen molar-refractivity contribution in [2.24, 2.45) is 4.99 Å². The highest BCUT2D eigenvalue weighted by Crippen LogP contribution is 2.46. The van der Waals surface area contributed by atoms with Crippen molar-refractivity contribution in [1.29, 1.82) is 0 Å². The van der Waals surface area contributed by atoms with Gasteiger partial charge in [0, 0.05) is 64.1 Å². The smallest absolute Gasteiger partial charge is 0.296 e.